The zero-order valence-corrected chi connectivity index (χ0v) is 7.73. The third kappa shape index (κ3) is 6.11. The van der Waals surface area contributed by atoms with Crippen molar-refractivity contribution in [2.75, 3.05) is 12.3 Å². The van der Waals surface area contributed by atoms with E-state index in [-0.39, 0.29) is 18.7 Å². The summed E-state index contributed by atoms with van der Waals surface area (Å²) in [4.78, 5) is 10.0. The molecular formula is C6H13NO4S. The van der Waals surface area contributed by atoms with E-state index >= 15 is 0 Å². The van der Waals surface area contributed by atoms with Crippen molar-refractivity contribution < 1.29 is 18.3 Å². The van der Waals surface area contributed by atoms with E-state index < -0.39 is 16.0 Å². The predicted octanol–water partition coefficient (Wildman–Crippen LogP) is -0.210. The van der Waals surface area contributed by atoms with Gasteiger partial charge in [0.2, 0.25) is 10.0 Å². The van der Waals surface area contributed by atoms with Crippen LogP contribution in [0.2, 0.25) is 0 Å². The Balaban J connectivity index is 3.69. The number of carboxylic acids is 1. The zero-order valence-electron chi connectivity index (χ0n) is 6.91. The molecule has 0 saturated carbocycles. The van der Waals surface area contributed by atoms with Crippen LogP contribution in [0.15, 0.2) is 0 Å². The van der Waals surface area contributed by atoms with Crippen LogP contribution in [0.3, 0.4) is 0 Å². The standard InChI is InChI=1S/C6H13NO4S/c1-2-5-12(10,11)7-4-3-6(8)9/h7H,2-5H2,1H3,(H,8,9). The van der Waals surface area contributed by atoms with Crippen LogP contribution in [0.4, 0.5) is 0 Å². The van der Waals surface area contributed by atoms with Crippen LogP contribution in [0.25, 0.3) is 0 Å². The maximum absolute atomic E-state index is 10.9. The molecule has 0 aliphatic rings. The first-order valence-corrected chi connectivity index (χ1v) is 5.32. The van der Waals surface area contributed by atoms with E-state index in [0.29, 0.717) is 6.42 Å². The number of rotatable bonds is 6. The monoisotopic (exact) mass is 195 g/mol. The van der Waals surface area contributed by atoms with Gasteiger partial charge in [0.25, 0.3) is 0 Å². The molecule has 72 valence electrons. The van der Waals surface area contributed by atoms with Gasteiger partial charge in [-0.3, -0.25) is 4.79 Å². The van der Waals surface area contributed by atoms with Crippen molar-refractivity contribution >= 4 is 16.0 Å². The number of hydrogen-bond donors (Lipinski definition) is 2. The number of nitrogens with one attached hydrogen (secondary N) is 1. The summed E-state index contributed by atoms with van der Waals surface area (Å²) in [5.74, 6) is -0.957. The average Bonchev–Trinajstić information content (AvgIpc) is 1.85. The molecule has 0 saturated heterocycles. The summed E-state index contributed by atoms with van der Waals surface area (Å²) >= 11 is 0. The van der Waals surface area contributed by atoms with Gasteiger partial charge in [-0.05, 0) is 6.42 Å². The van der Waals surface area contributed by atoms with Crippen molar-refractivity contribution in [2.24, 2.45) is 0 Å². The Labute approximate surface area is 71.8 Å². The van der Waals surface area contributed by atoms with Crippen molar-refractivity contribution in [3.05, 3.63) is 0 Å². The van der Waals surface area contributed by atoms with Crippen molar-refractivity contribution in [3.8, 4) is 0 Å². The first kappa shape index (κ1) is 11.4. The van der Waals surface area contributed by atoms with Crippen LogP contribution in [0.1, 0.15) is 19.8 Å². The van der Waals surface area contributed by atoms with Crippen LogP contribution in [-0.2, 0) is 14.8 Å². The topological polar surface area (TPSA) is 83.5 Å². The van der Waals surface area contributed by atoms with E-state index in [0.717, 1.165) is 0 Å². The van der Waals surface area contributed by atoms with Crippen molar-refractivity contribution in [1.29, 1.82) is 0 Å². The predicted molar refractivity (Wildman–Crippen MR) is 44.3 cm³/mol. The zero-order chi connectivity index (χ0) is 9.61. The van der Waals surface area contributed by atoms with Gasteiger partial charge >= 0.3 is 5.97 Å². The SMILES string of the molecule is CCCS(=O)(=O)NCCC(=O)O. The Morgan fingerprint density at radius 3 is 2.50 bits per heavy atom. The number of carboxylic acid groups (broad SMARTS) is 1. The number of hydrogen-bond acceptors (Lipinski definition) is 3. The summed E-state index contributed by atoms with van der Waals surface area (Å²) in [6, 6.07) is 0. The second kappa shape index (κ2) is 5.10. The van der Waals surface area contributed by atoms with Crippen molar-refractivity contribution in [1.82, 2.24) is 4.72 Å². The molecule has 0 aromatic carbocycles. The van der Waals surface area contributed by atoms with Gasteiger partial charge in [0.15, 0.2) is 0 Å². The van der Waals surface area contributed by atoms with Gasteiger partial charge < -0.3 is 5.11 Å². The third-order valence-electron chi connectivity index (χ3n) is 1.13. The normalized spacial score (nSPS) is 11.4. The van der Waals surface area contributed by atoms with Crippen LogP contribution >= 0.6 is 0 Å². The maximum atomic E-state index is 10.9. The van der Waals surface area contributed by atoms with E-state index in [1.807, 2.05) is 0 Å². The summed E-state index contributed by atoms with van der Waals surface area (Å²) in [5, 5.41) is 8.21. The largest absolute Gasteiger partial charge is 0.481 e. The lowest BCUT2D eigenvalue weighted by Gasteiger charge is -2.02. The van der Waals surface area contributed by atoms with Gasteiger partial charge in [-0.1, -0.05) is 6.92 Å². The Bertz CT molecular complexity index is 234. The summed E-state index contributed by atoms with van der Waals surface area (Å²) in [6.07, 6.45) is 0.353. The van der Waals surface area contributed by atoms with Crippen LogP contribution in [0, 0.1) is 0 Å². The average molecular weight is 195 g/mol. The Morgan fingerprint density at radius 1 is 1.50 bits per heavy atom. The number of aliphatic carboxylic acids is 1. The van der Waals surface area contributed by atoms with Crippen LogP contribution in [0.5, 0.6) is 0 Å². The van der Waals surface area contributed by atoms with Gasteiger partial charge in [0.1, 0.15) is 0 Å². The maximum Gasteiger partial charge on any atom is 0.304 e. The molecule has 0 aliphatic heterocycles. The molecular weight excluding hydrogens is 182 g/mol. The summed E-state index contributed by atoms with van der Waals surface area (Å²) in [6.45, 7) is 1.72. The highest BCUT2D eigenvalue weighted by atomic mass is 32.2. The molecule has 0 aliphatic carbocycles. The lowest BCUT2D eigenvalue weighted by Crippen LogP contribution is -2.28. The van der Waals surface area contributed by atoms with E-state index in [2.05, 4.69) is 4.72 Å². The fourth-order valence-electron chi connectivity index (χ4n) is 0.654. The fourth-order valence-corrected chi connectivity index (χ4v) is 1.75. The molecule has 0 bridgehead atoms. The van der Waals surface area contributed by atoms with E-state index in [9.17, 15) is 13.2 Å². The lowest BCUT2D eigenvalue weighted by molar-refractivity contribution is -0.136. The molecule has 0 rings (SSSR count). The highest BCUT2D eigenvalue weighted by molar-refractivity contribution is 7.89. The van der Waals surface area contributed by atoms with Gasteiger partial charge in [-0.25, -0.2) is 13.1 Å². The van der Waals surface area contributed by atoms with Gasteiger partial charge in [-0.2, -0.15) is 0 Å². The Morgan fingerprint density at radius 2 is 2.08 bits per heavy atom. The molecule has 0 unspecified atom stereocenters. The molecule has 2 N–H and O–H groups in total. The molecule has 0 heterocycles. The molecule has 6 heteroatoms. The van der Waals surface area contributed by atoms with Crippen molar-refractivity contribution in [3.63, 3.8) is 0 Å². The Kier molecular flexibility index (Phi) is 4.84. The smallest absolute Gasteiger partial charge is 0.304 e. The minimum absolute atomic E-state index is 0.0301. The van der Waals surface area contributed by atoms with E-state index in [1.165, 1.54) is 0 Å². The molecule has 0 amide bonds. The van der Waals surface area contributed by atoms with Gasteiger partial charge in [0, 0.05) is 6.54 Å². The van der Waals surface area contributed by atoms with Crippen LogP contribution < -0.4 is 4.72 Å². The number of carbonyl (C=O) groups is 1. The number of sulfonamides is 1. The van der Waals surface area contributed by atoms with E-state index in [4.69, 9.17) is 5.11 Å². The Hall–Kier alpha value is -0.620. The molecule has 0 spiro atoms. The molecule has 0 fully saturated rings. The minimum atomic E-state index is -3.24. The molecule has 5 nitrogen and oxygen atoms in total. The first-order valence-electron chi connectivity index (χ1n) is 3.67. The van der Waals surface area contributed by atoms with E-state index in [1.54, 1.807) is 6.92 Å². The third-order valence-corrected chi connectivity index (χ3v) is 2.72. The van der Waals surface area contributed by atoms with Crippen molar-refractivity contribution in [2.45, 2.75) is 19.8 Å². The minimum Gasteiger partial charge on any atom is -0.481 e. The molecule has 0 aromatic rings. The second-order valence-electron chi connectivity index (χ2n) is 2.36. The van der Waals surface area contributed by atoms with Gasteiger partial charge in [0.05, 0.1) is 12.2 Å². The molecule has 0 radical (unpaired) electrons. The fraction of sp³-hybridized carbons (Fsp3) is 0.833. The molecule has 0 aromatic heterocycles. The lowest BCUT2D eigenvalue weighted by atomic mass is 10.5. The highest BCUT2D eigenvalue weighted by Crippen LogP contribution is 1.88. The summed E-state index contributed by atoms with van der Waals surface area (Å²) < 4.78 is 24.0. The first-order chi connectivity index (χ1) is 5.48. The summed E-state index contributed by atoms with van der Waals surface area (Å²) in [5.41, 5.74) is 0. The van der Waals surface area contributed by atoms with Crippen LogP contribution in [-0.4, -0.2) is 31.8 Å². The summed E-state index contributed by atoms with van der Waals surface area (Å²) in [7, 11) is -3.24. The molecule has 12 heavy (non-hydrogen) atoms. The second-order valence-corrected chi connectivity index (χ2v) is 4.28. The van der Waals surface area contributed by atoms with Gasteiger partial charge in [-0.15, -0.1) is 0 Å². The quantitative estimate of drug-likeness (QED) is 0.614. The molecule has 0 atom stereocenters. The highest BCUT2D eigenvalue weighted by Gasteiger charge is 2.07.